The van der Waals surface area contributed by atoms with Gasteiger partial charge in [0.05, 0.1) is 22.1 Å². The number of thioether (sulfide) groups is 1. The number of nitrogens with zero attached hydrogens (tertiary/aromatic N) is 2. The lowest BCUT2D eigenvalue weighted by atomic mass is 10.2. The molecule has 0 fully saturated rings. The first kappa shape index (κ1) is 22.0. The Hall–Kier alpha value is -2.20. The smallest absolute Gasteiger partial charge is 0.259 e. The average molecular weight is 491 g/mol. The second-order valence-corrected chi connectivity index (χ2v) is 10.8. The van der Waals surface area contributed by atoms with Crippen LogP contribution in [0, 0.1) is 13.8 Å². The predicted molar refractivity (Wildman–Crippen MR) is 132 cm³/mol. The lowest BCUT2D eigenvalue weighted by Crippen LogP contribution is -2.23. The van der Waals surface area contributed by atoms with E-state index in [1.165, 1.54) is 34.4 Å². The van der Waals surface area contributed by atoms with Crippen LogP contribution in [0.2, 0.25) is 5.02 Å². The number of amides is 1. The number of thiazole rings is 1. The predicted octanol–water partition coefficient (Wildman–Crippen LogP) is 5.64. The zero-order valence-corrected chi connectivity index (χ0v) is 20.2. The fourth-order valence-electron chi connectivity index (χ4n) is 2.94. The molecular formula is C21H19ClN4O2S3. The molecule has 4 rings (SSSR count). The number of anilines is 1. The first-order valence-corrected chi connectivity index (χ1v) is 12.6. The summed E-state index contributed by atoms with van der Waals surface area (Å²) in [6, 6.07) is 7.40. The Balaban J connectivity index is 1.39. The molecule has 0 bridgehead atoms. The van der Waals surface area contributed by atoms with Gasteiger partial charge in [-0.2, -0.15) is 0 Å². The van der Waals surface area contributed by atoms with Crippen LogP contribution in [-0.2, 0) is 10.5 Å². The van der Waals surface area contributed by atoms with Crippen molar-refractivity contribution < 1.29 is 4.79 Å². The highest BCUT2D eigenvalue weighted by atomic mass is 35.5. The Morgan fingerprint density at radius 3 is 2.74 bits per heavy atom. The lowest BCUT2D eigenvalue weighted by molar-refractivity contribution is -0.115. The molecular weight excluding hydrogens is 472 g/mol. The monoisotopic (exact) mass is 490 g/mol. The molecule has 0 radical (unpaired) electrons. The molecule has 2 N–H and O–H groups in total. The summed E-state index contributed by atoms with van der Waals surface area (Å²) >= 11 is 10.2. The average Bonchev–Trinajstić information content (AvgIpc) is 3.31. The molecule has 3 heterocycles. The first-order chi connectivity index (χ1) is 14.8. The van der Waals surface area contributed by atoms with Crippen LogP contribution in [0.4, 0.5) is 5.13 Å². The van der Waals surface area contributed by atoms with Gasteiger partial charge in [-0.3, -0.25) is 9.59 Å². The number of carbonyl (C=O) groups excluding carboxylic acids is 1. The number of benzene rings is 1. The summed E-state index contributed by atoms with van der Waals surface area (Å²) in [6.45, 7) is 5.74. The van der Waals surface area contributed by atoms with Crippen molar-refractivity contribution in [2.24, 2.45) is 0 Å². The third kappa shape index (κ3) is 4.85. The Morgan fingerprint density at radius 2 is 2.00 bits per heavy atom. The molecule has 4 aromatic rings. The molecule has 0 spiro atoms. The van der Waals surface area contributed by atoms with Crippen molar-refractivity contribution in [2.75, 3.05) is 5.32 Å². The fourth-order valence-corrected chi connectivity index (χ4v) is 5.59. The van der Waals surface area contributed by atoms with Crippen LogP contribution in [0.1, 0.15) is 23.2 Å². The molecule has 160 valence electrons. The SMILES string of the molecule is Cc1sc2nc(CSC(C)C(=O)Nc3nc(-c4ccc(Cl)cc4)cs3)[nH]c(=O)c2c1C. The summed E-state index contributed by atoms with van der Waals surface area (Å²) in [4.78, 5) is 38.7. The first-order valence-electron chi connectivity index (χ1n) is 9.44. The van der Waals surface area contributed by atoms with Crippen LogP contribution in [-0.4, -0.2) is 26.1 Å². The minimum Gasteiger partial charge on any atom is -0.309 e. The van der Waals surface area contributed by atoms with Crippen LogP contribution in [0.25, 0.3) is 21.5 Å². The number of halogens is 1. The van der Waals surface area contributed by atoms with E-state index in [0.29, 0.717) is 27.1 Å². The number of hydrogen-bond donors (Lipinski definition) is 2. The molecule has 3 aromatic heterocycles. The molecule has 0 aliphatic rings. The summed E-state index contributed by atoms with van der Waals surface area (Å²) < 4.78 is 0. The van der Waals surface area contributed by atoms with E-state index in [1.54, 1.807) is 0 Å². The molecule has 31 heavy (non-hydrogen) atoms. The van der Waals surface area contributed by atoms with Crippen LogP contribution in [0.5, 0.6) is 0 Å². The molecule has 0 aliphatic carbocycles. The highest BCUT2D eigenvalue weighted by Crippen LogP contribution is 2.28. The number of rotatable bonds is 6. The highest BCUT2D eigenvalue weighted by molar-refractivity contribution is 7.99. The van der Waals surface area contributed by atoms with E-state index < -0.39 is 0 Å². The largest absolute Gasteiger partial charge is 0.309 e. The van der Waals surface area contributed by atoms with E-state index in [9.17, 15) is 9.59 Å². The molecule has 1 aromatic carbocycles. The van der Waals surface area contributed by atoms with Gasteiger partial charge in [0.1, 0.15) is 10.7 Å². The van der Waals surface area contributed by atoms with Crippen LogP contribution in [0.3, 0.4) is 0 Å². The molecule has 0 aliphatic heterocycles. The standard InChI is InChI=1S/C21H19ClN4O2S3/c1-10-11(2)31-20-17(10)19(28)24-16(25-20)9-29-12(3)18(27)26-21-23-15(8-30-21)13-4-6-14(22)7-5-13/h4-8,12H,9H2,1-3H3,(H,23,26,27)(H,24,25,28). The minimum atomic E-state index is -0.337. The number of aromatic nitrogens is 3. The van der Waals surface area contributed by atoms with Gasteiger partial charge in [-0.1, -0.05) is 23.7 Å². The van der Waals surface area contributed by atoms with Gasteiger partial charge in [0.15, 0.2) is 5.13 Å². The Morgan fingerprint density at radius 1 is 1.26 bits per heavy atom. The summed E-state index contributed by atoms with van der Waals surface area (Å²) in [6.07, 6.45) is 0. The third-order valence-electron chi connectivity index (χ3n) is 4.80. The van der Waals surface area contributed by atoms with Gasteiger partial charge in [-0.25, -0.2) is 9.97 Å². The lowest BCUT2D eigenvalue weighted by Gasteiger charge is -2.10. The van der Waals surface area contributed by atoms with Gasteiger partial charge in [-0.05, 0) is 38.5 Å². The third-order valence-corrected chi connectivity index (χ3v) is 8.07. The quantitative estimate of drug-likeness (QED) is 0.365. The molecule has 0 saturated carbocycles. The topological polar surface area (TPSA) is 87.7 Å². The second-order valence-electron chi connectivity index (χ2n) is 6.96. The summed E-state index contributed by atoms with van der Waals surface area (Å²) in [7, 11) is 0. The zero-order chi connectivity index (χ0) is 22.1. The number of hydrogen-bond acceptors (Lipinski definition) is 7. The molecule has 1 unspecified atom stereocenters. The molecule has 1 atom stereocenters. The number of fused-ring (bicyclic) bond motifs is 1. The number of aryl methyl sites for hydroxylation is 2. The van der Waals surface area contributed by atoms with Crippen molar-refractivity contribution >= 4 is 67.3 Å². The second kappa shape index (κ2) is 9.12. The van der Waals surface area contributed by atoms with Gasteiger partial charge in [0.25, 0.3) is 5.56 Å². The van der Waals surface area contributed by atoms with Crippen molar-refractivity contribution in [1.29, 1.82) is 0 Å². The zero-order valence-electron chi connectivity index (χ0n) is 17.0. The van der Waals surface area contributed by atoms with Gasteiger partial charge >= 0.3 is 0 Å². The van der Waals surface area contributed by atoms with Crippen molar-refractivity contribution in [3.63, 3.8) is 0 Å². The van der Waals surface area contributed by atoms with E-state index >= 15 is 0 Å². The Kier molecular flexibility index (Phi) is 6.47. The van der Waals surface area contributed by atoms with E-state index in [0.717, 1.165) is 26.5 Å². The van der Waals surface area contributed by atoms with Gasteiger partial charge in [-0.15, -0.1) is 34.4 Å². The maximum absolute atomic E-state index is 12.6. The number of H-pyrrole nitrogens is 1. The summed E-state index contributed by atoms with van der Waals surface area (Å²) in [5.41, 5.74) is 2.57. The Labute approximate surface area is 196 Å². The van der Waals surface area contributed by atoms with Crippen molar-refractivity contribution in [3.8, 4) is 11.3 Å². The minimum absolute atomic E-state index is 0.128. The highest BCUT2D eigenvalue weighted by Gasteiger charge is 2.17. The maximum Gasteiger partial charge on any atom is 0.259 e. The van der Waals surface area contributed by atoms with E-state index in [2.05, 4.69) is 20.3 Å². The molecule has 10 heteroatoms. The van der Waals surface area contributed by atoms with Crippen molar-refractivity contribution in [3.05, 3.63) is 61.3 Å². The fraction of sp³-hybridized carbons (Fsp3) is 0.238. The number of nitrogens with one attached hydrogen (secondary N) is 2. The summed E-state index contributed by atoms with van der Waals surface area (Å²) in [5, 5.41) is 6.28. The van der Waals surface area contributed by atoms with Crippen LogP contribution >= 0.6 is 46.0 Å². The Bertz CT molecular complexity index is 1310. The van der Waals surface area contributed by atoms with Crippen molar-refractivity contribution in [1.82, 2.24) is 15.0 Å². The van der Waals surface area contributed by atoms with Crippen molar-refractivity contribution in [2.45, 2.75) is 31.8 Å². The normalized spacial score (nSPS) is 12.3. The van der Waals surface area contributed by atoms with Gasteiger partial charge in [0.2, 0.25) is 5.91 Å². The molecule has 0 saturated heterocycles. The summed E-state index contributed by atoms with van der Waals surface area (Å²) in [5.74, 6) is 0.861. The van der Waals surface area contributed by atoms with E-state index in [-0.39, 0.29) is 16.7 Å². The van der Waals surface area contributed by atoms with Crippen LogP contribution in [0.15, 0.2) is 34.4 Å². The van der Waals surface area contributed by atoms with Crippen LogP contribution < -0.4 is 10.9 Å². The number of thiophene rings is 1. The van der Waals surface area contributed by atoms with E-state index in [4.69, 9.17) is 11.6 Å². The maximum atomic E-state index is 12.6. The van der Waals surface area contributed by atoms with E-state index in [1.807, 2.05) is 50.4 Å². The molecule has 6 nitrogen and oxygen atoms in total. The number of aromatic amines is 1. The van der Waals surface area contributed by atoms with Gasteiger partial charge < -0.3 is 10.3 Å². The molecule has 1 amide bonds. The van der Waals surface area contributed by atoms with Gasteiger partial charge in [0, 0.05) is 20.8 Å². The number of carbonyl (C=O) groups is 1.